The lowest BCUT2D eigenvalue weighted by molar-refractivity contribution is -0.870. The number of carbonyl (C=O) groups is 3. The van der Waals surface area contributed by atoms with Crippen LogP contribution in [0.25, 0.3) is 0 Å². The van der Waals surface area contributed by atoms with Gasteiger partial charge in [0.1, 0.15) is 13.2 Å². The van der Waals surface area contributed by atoms with Gasteiger partial charge >= 0.3 is 17.9 Å². The first kappa shape index (κ1) is 70.7. The van der Waals surface area contributed by atoms with Gasteiger partial charge in [0.05, 0.1) is 40.8 Å². The summed E-state index contributed by atoms with van der Waals surface area (Å²) in [6.45, 7) is 4.53. The lowest BCUT2D eigenvalue weighted by atomic mass is 10.0. The van der Waals surface area contributed by atoms with E-state index in [1.54, 1.807) is 6.08 Å². The van der Waals surface area contributed by atoms with Gasteiger partial charge < -0.3 is 28.5 Å². The minimum Gasteiger partial charge on any atom is -0.477 e. The molecule has 0 aromatic carbocycles. The molecule has 0 aliphatic rings. The third kappa shape index (κ3) is 57.2. The van der Waals surface area contributed by atoms with Gasteiger partial charge in [0.15, 0.2) is 6.10 Å². The van der Waals surface area contributed by atoms with E-state index in [-0.39, 0.29) is 32.7 Å². The maximum absolute atomic E-state index is 12.9. The largest absolute Gasteiger partial charge is 0.477 e. The summed E-state index contributed by atoms with van der Waals surface area (Å²) in [5, 5.41) is 9.69. The fourth-order valence-electron chi connectivity index (χ4n) is 7.76. The summed E-state index contributed by atoms with van der Waals surface area (Å²) in [7, 11) is 5.94. The number of unbranched alkanes of at least 4 members (excludes halogenated alkanes) is 19. The van der Waals surface area contributed by atoms with Crippen LogP contribution in [0, 0.1) is 0 Å². The highest BCUT2D eigenvalue weighted by Crippen LogP contribution is 2.16. The van der Waals surface area contributed by atoms with E-state index in [1.807, 2.05) is 27.2 Å². The van der Waals surface area contributed by atoms with Gasteiger partial charge in [-0.1, -0.05) is 245 Å². The molecule has 0 aliphatic heterocycles. The fourth-order valence-corrected chi connectivity index (χ4v) is 7.76. The molecule has 75 heavy (non-hydrogen) atoms. The van der Waals surface area contributed by atoms with Gasteiger partial charge in [0, 0.05) is 6.42 Å². The van der Waals surface area contributed by atoms with Crippen LogP contribution in [0.4, 0.5) is 0 Å². The molecule has 0 aliphatic carbocycles. The normalized spacial score (nSPS) is 13.7. The zero-order valence-corrected chi connectivity index (χ0v) is 48.4. The molecule has 0 amide bonds. The van der Waals surface area contributed by atoms with E-state index in [0.29, 0.717) is 23.9 Å². The first-order valence-electron chi connectivity index (χ1n) is 29.7. The van der Waals surface area contributed by atoms with Crippen molar-refractivity contribution in [1.29, 1.82) is 0 Å². The van der Waals surface area contributed by atoms with Crippen LogP contribution < -0.4 is 0 Å². The number of nitrogens with zero attached hydrogens (tertiary/aromatic N) is 1. The zero-order valence-electron chi connectivity index (χ0n) is 48.4. The van der Waals surface area contributed by atoms with Gasteiger partial charge in [-0.15, -0.1) is 0 Å². The van der Waals surface area contributed by atoms with Crippen LogP contribution in [0.2, 0.25) is 0 Å². The van der Waals surface area contributed by atoms with Gasteiger partial charge in [0.25, 0.3) is 6.29 Å². The highest BCUT2D eigenvalue weighted by Gasteiger charge is 2.25. The summed E-state index contributed by atoms with van der Waals surface area (Å²) in [6, 6.07) is 0. The smallest absolute Gasteiger partial charge is 0.361 e. The number of carbonyl (C=O) groups excluding carboxylic acids is 2. The van der Waals surface area contributed by atoms with E-state index in [4.69, 9.17) is 18.9 Å². The second kappa shape index (κ2) is 55.9. The van der Waals surface area contributed by atoms with Crippen molar-refractivity contribution in [2.24, 2.45) is 0 Å². The molecule has 0 fully saturated rings. The molecule has 2 unspecified atom stereocenters. The molecule has 0 heterocycles. The lowest BCUT2D eigenvalue weighted by Crippen LogP contribution is -2.40. The summed E-state index contributed by atoms with van der Waals surface area (Å²) < 4.78 is 22.7. The third-order valence-electron chi connectivity index (χ3n) is 12.2. The number of aliphatic carboxylic acids is 1. The van der Waals surface area contributed by atoms with Gasteiger partial charge in [-0.2, -0.15) is 0 Å². The Morgan fingerprint density at radius 3 is 1.13 bits per heavy atom. The summed E-state index contributed by atoms with van der Waals surface area (Å²) >= 11 is 0. The minimum atomic E-state index is -1.53. The number of quaternary nitrogens is 1. The van der Waals surface area contributed by atoms with Crippen LogP contribution in [-0.2, 0) is 33.3 Å². The van der Waals surface area contributed by atoms with Crippen molar-refractivity contribution in [3.63, 3.8) is 0 Å². The Hall–Kier alpha value is -4.31. The monoisotopic (exact) mass is 1040 g/mol. The Morgan fingerprint density at radius 2 is 0.760 bits per heavy atom. The van der Waals surface area contributed by atoms with Crippen LogP contribution in [0.15, 0.2) is 122 Å². The number of allylic oxidation sites excluding steroid dienone is 19. The van der Waals surface area contributed by atoms with Crippen molar-refractivity contribution in [3.05, 3.63) is 122 Å². The lowest BCUT2D eigenvalue weighted by Gasteiger charge is -2.25. The molecule has 0 spiro atoms. The first-order chi connectivity index (χ1) is 36.6. The van der Waals surface area contributed by atoms with Gasteiger partial charge in [-0.25, -0.2) is 4.79 Å². The Labute approximate surface area is 459 Å². The van der Waals surface area contributed by atoms with Crippen LogP contribution >= 0.6 is 0 Å². The van der Waals surface area contributed by atoms with E-state index in [1.165, 1.54) is 103 Å². The SMILES string of the molecule is CC/C=C\C/C=C\C/C=C\C/C=C\C/C=C\CCCCCCCCCCCCCCCCCCCCCC(=O)OC(COC(=O)C/C=C\C/C=C\C/C=C\C/C=C\C/C=C\CC)COC(OCC[N+](C)(C)C)C(=O)O. The molecule has 0 radical (unpaired) electrons. The molecule has 0 rings (SSSR count). The predicted octanol–water partition coefficient (Wildman–Crippen LogP) is 17.7. The molecule has 426 valence electrons. The number of hydrogen-bond acceptors (Lipinski definition) is 7. The van der Waals surface area contributed by atoms with E-state index in [0.717, 1.165) is 77.0 Å². The highest BCUT2D eigenvalue weighted by molar-refractivity contribution is 5.72. The molecule has 0 saturated heterocycles. The number of carboxylic acid groups (broad SMARTS) is 1. The molecule has 0 aromatic heterocycles. The molecule has 9 heteroatoms. The van der Waals surface area contributed by atoms with Crippen molar-refractivity contribution < 1.29 is 42.9 Å². The quantitative estimate of drug-likeness (QED) is 0.0211. The predicted molar refractivity (Wildman–Crippen MR) is 318 cm³/mol. The number of esters is 2. The van der Waals surface area contributed by atoms with E-state index < -0.39 is 30.3 Å². The number of likely N-dealkylation sites (N-methyl/N-ethyl adjacent to an activating group) is 1. The van der Waals surface area contributed by atoms with Crippen molar-refractivity contribution in [1.82, 2.24) is 0 Å². The van der Waals surface area contributed by atoms with Crippen LogP contribution in [-0.4, -0.2) is 87.4 Å². The Morgan fingerprint density at radius 1 is 0.413 bits per heavy atom. The molecule has 9 nitrogen and oxygen atoms in total. The summed E-state index contributed by atoms with van der Waals surface area (Å²) in [4.78, 5) is 37.3. The number of carboxylic acids is 1. The van der Waals surface area contributed by atoms with Crippen molar-refractivity contribution in [2.75, 3.05) is 47.5 Å². The Kier molecular flexibility index (Phi) is 52.7. The van der Waals surface area contributed by atoms with Crippen LogP contribution in [0.5, 0.6) is 0 Å². The molecule has 0 aromatic rings. The van der Waals surface area contributed by atoms with Crippen LogP contribution in [0.1, 0.15) is 219 Å². The molecule has 0 saturated carbocycles. The van der Waals surface area contributed by atoms with Crippen molar-refractivity contribution in [2.45, 2.75) is 232 Å². The van der Waals surface area contributed by atoms with Gasteiger partial charge in [-0.3, -0.25) is 9.59 Å². The first-order valence-corrected chi connectivity index (χ1v) is 29.7. The molecular formula is C66H110NO8+. The molecule has 2 atom stereocenters. The van der Waals surface area contributed by atoms with Crippen molar-refractivity contribution in [3.8, 4) is 0 Å². The second-order valence-electron chi connectivity index (χ2n) is 20.6. The average Bonchev–Trinajstić information content (AvgIpc) is 3.38. The van der Waals surface area contributed by atoms with Gasteiger partial charge in [-0.05, 0) is 83.5 Å². The minimum absolute atomic E-state index is 0.0660. The standard InChI is InChI=1S/C66H109NO8/c1-6-8-10-12-14-16-18-20-22-23-24-25-26-27-28-29-30-31-32-33-34-35-36-37-38-39-40-41-43-45-47-49-51-53-55-57-64(69)75-62(61-74-66(65(70)71)72-59-58-67(3,4)5)60-73-63(68)56-54-52-50-48-46-44-42-21-19-17-15-13-11-9-7-2/h8-11,14-17,20-22,24-25,27-28,42,46,48,52,54,62,66H,6-7,12-13,18-19,23,26,29-41,43-45,47,49-51,53,55-61H2,1-5H3/p+1/b10-8-,11-9-,16-14-,17-15-,22-20-,25-24-,28-27-,42-21-,48-46-,54-52-. The second-order valence-corrected chi connectivity index (χ2v) is 20.6. The third-order valence-corrected chi connectivity index (χ3v) is 12.2. The molecular weight excluding hydrogens is 935 g/mol. The number of rotatable bonds is 53. The maximum atomic E-state index is 12.9. The Bertz CT molecular complexity index is 1640. The highest BCUT2D eigenvalue weighted by atomic mass is 16.7. The van der Waals surface area contributed by atoms with Crippen LogP contribution in [0.3, 0.4) is 0 Å². The fraction of sp³-hybridized carbons (Fsp3) is 0.652. The van der Waals surface area contributed by atoms with Gasteiger partial charge in [0.2, 0.25) is 0 Å². The average molecular weight is 1050 g/mol. The zero-order chi connectivity index (χ0) is 54.8. The molecule has 1 N–H and O–H groups in total. The van der Waals surface area contributed by atoms with E-state index in [2.05, 4.69) is 123 Å². The number of ether oxygens (including phenoxy) is 4. The van der Waals surface area contributed by atoms with E-state index >= 15 is 0 Å². The Balaban J connectivity index is 4.15. The topological polar surface area (TPSA) is 108 Å². The maximum Gasteiger partial charge on any atom is 0.361 e. The summed E-state index contributed by atoms with van der Waals surface area (Å²) in [5.41, 5.74) is 0. The van der Waals surface area contributed by atoms with Crippen molar-refractivity contribution >= 4 is 17.9 Å². The molecule has 0 bridgehead atoms. The van der Waals surface area contributed by atoms with E-state index in [9.17, 15) is 19.5 Å². The summed E-state index contributed by atoms with van der Waals surface area (Å²) in [6.07, 6.45) is 76.2. The number of hydrogen-bond donors (Lipinski definition) is 1. The summed E-state index contributed by atoms with van der Waals surface area (Å²) in [5.74, 6) is -2.17.